The van der Waals surface area contributed by atoms with Gasteiger partial charge in [-0.3, -0.25) is 0 Å². The molecule has 148 valence electrons. The Morgan fingerprint density at radius 3 is 2.03 bits per heavy atom. The summed E-state index contributed by atoms with van der Waals surface area (Å²) in [7, 11) is 0. The van der Waals surface area contributed by atoms with E-state index in [2.05, 4.69) is 82.3 Å². The number of hydrogen-bond acceptors (Lipinski definition) is 3. The van der Waals surface area contributed by atoms with Crippen molar-refractivity contribution in [2.45, 2.75) is 39.0 Å². The van der Waals surface area contributed by atoms with E-state index in [1.807, 2.05) is 18.2 Å². The molecule has 3 heteroatoms. The molecular weight excluding hydrogens is 366 g/mol. The van der Waals surface area contributed by atoms with Crippen LogP contribution in [-0.4, -0.2) is 15.0 Å². The average molecular weight is 392 g/mol. The molecule has 3 nitrogen and oxygen atoms in total. The number of nitrogens with zero attached hydrogens (tertiary/aromatic N) is 3. The minimum Gasteiger partial charge on any atom is -0.213 e. The molecule has 4 aromatic rings. The maximum absolute atomic E-state index is 4.94. The molecule has 1 aromatic heterocycles. The first kappa shape index (κ1) is 18.7. The predicted octanol–water partition coefficient (Wildman–Crippen LogP) is 6.64. The van der Waals surface area contributed by atoms with Crippen molar-refractivity contribution in [1.29, 1.82) is 0 Å². The third-order valence-electron chi connectivity index (χ3n) is 6.02. The van der Waals surface area contributed by atoms with Gasteiger partial charge in [0.25, 0.3) is 0 Å². The summed E-state index contributed by atoms with van der Waals surface area (Å²) in [6.07, 6.45) is 0. The van der Waals surface area contributed by atoms with Crippen molar-refractivity contribution < 1.29 is 0 Å². The molecule has 5 rings (SSSR count). The second-order valence-electron chi connectivity index (χ2n) is 8.76. The van der Waals surface area contributed by atoms with Gasteiger partial charge in [-0.05, 0) is 22.3 Å². The molecule has 0 saturated carbocycles. The molecule has 0 N–H and O–H groups in total. The van der Waals surface area contributed by atoms with Crippen LogP contribution in [0.4, 0.5) is 0 Å². The zero-order chi connectivity index (χ0) is 20.9. The van der Waals surface area contributed by atoms with Gasteiger partial charge in [0.15, 0.2) is 11.6 Å². The van der Waals surface area contributed by atoms with E-state index in [1.165, 1.54) is 22.3 Å². The zero-order valence-electron chi connectivity index (χ0n) is 17.8. The molecular formula is C27H25N3. The van der Waals surface area contributed by atoms with Crippen LogP contribution in [0.3, 0.4) is 0 Å². The second-order valence-corrected chi connectivity index (χ2v) is 8.76. The number of benzene rings is 3. The summed E-state index contributed by atoms with van der Waals surface area (Å²) in [5.41, 5.74) is 7.23. The van der Waals surface area contributed by atoms with Crippen LogP contribution in [-0.2, 0) is 5.41 Å². The Kier molecular flexibility index (Phi) is 4.28. The Balaban J connectivity index is 1.77. The summed E-state index contributed by atoms with van der Waals surface area (Å²) in [6, 6.07) is 25.3. The number of fused-ring (bicyclic) bond motifs is 3. The Bertz CT molecular complexity index is 1240. The number of aromatic nitrogens is 3. The quantitative estimate of drug-likeness (QED) is 0.393. The van der Waals surface area contributed by atoms with Crippen LogP contribution in [0.15, 0.2) is 72.8 Å². The summed E-state index contributed by atoms with van der Waals surface area (Å²) >= 11 is 0. The summed E-state index contributed by atoms with van der Waals surface area (Å²) in [4.78, 5) is 14.6. The molecule has 0 spiro atoms. The Hall–Kier alpha value is -3.33. The molecule has 0 radical (unpaired) electrons. The van der Waals surface area contributed by atoms with Gasteiger partial charge >= 0.3 is 0 Å². The summed E-state index contributed by atoms with van der Waals surface area (Å²) in [5, 5.41) is 0. The molecule has 0 aliphatic heterocycles. The van der Waals surface area contributed by atoms with Crippen LogP contribution in [0.5, 0.6) is 0 Å². The fourth-order valence-corrected chi connectivity index (χ4v) is 4.52. The lowest BCUT2D eigenvalue weighted by molar-refractivity contribution is 0.660. The molecule has 1 aliphatic carbocycles. The Morgan fingerprint density at radius 1 is 0.633 bits per heavy atom. The van der Waals surface area contributed by atoms with Crippen LogP contribution >= 0.6 is 0 Å². The normalized spacial score (nSPS) is 13.9. The van der Waals surface area contributed by atoms with Gasteiger partial charge in [-0.1, -0.05) is 100 Å². The molecule has 0 amide bonds. The predicted molar refractivity (Wildman–Crippen MR) is 122 cm³/mol. The van der Waals surface area contributed by atoms with Crippen molar-refractivity contribution in [2.24, 2.45) is 0 Å². The van der Waals surface area contributed by atoms with Crippen molar-refractivity contribution >= 4 is 0 Å². The van der Waals surface area contributed by atoms with Crippen LogP contribution in [0.2, 0.25) is 0 Å². The first-order valence-electron chi connectivity index (χ1n) is 10.5. The summed E-state index contributed by atoms with van der Waals surface area (Å²) in [6.45, 7) is 8.85. The van der Waals surface area contributed by atoms with Gasteiger partial charge in [-0.15, -0.1) is 0 Å². The lowest BCUT2D eigenvalue weighted by atomic mass is 9.80. The standard InChI is InChI=1S/C27H25N3/c1-17(2)24-28-25(18-11-6-5-7-12-18)30-26(29-24)21-15-10-14-20-19-13-8-9-16-22(19)27(3,4)23(20)21/h5-17H,1-4H3. The van der Waals surface area contributed by atoms with E-state index in [-0.39, 0.29) is 11.3 Å². The average Bonchev–Trinajstić information content (AvgIpc) is 3.02. The highest BCUT2D eigenvalue weighted by molar-refractivity contribution is 5.86. The third kappa shape index (κ3) is 2.85. The smallest absolute Gasteiger partial charge is 0.164 e. The van der Waals surface area contributed by atoms with Crippen LogP contribution in [0, 0.1) is 0 Å². The highest BCUT2D eigenvalue weighted by atomic mass is 15.0. The van der Waals surface area contributed by atoms with Crippen LogP contribution in [0.25, 0.3) is 33.9 Å². The third-order valence-corrected chi connectivity index (χ3v) is 6.02. The largest absolute Gasteiger partial charge is 0.213 e. The van der Waals surface area contributed by atoms with E-state index in [0.29, 0.717) is 0 Å². The second kappa shape index (κ2) is 6.88. The molecule has 0 unspecified atom stereocenters. The first-order chi connectivity index (χ1) is 14.5. The molecule has 1 heterocycles. The lowest BCUT2D eigenvalue weighted by Crippen LogP contribution is -2.17. The Labute approximate surface area is 177 Å². The van der Waals surface area contributed by atoms with E-state index in [1.54, 1.807) is 0 Å². The van der Waals surface area contributed by atoms with Gasteiger partial charge in [0.05, 0.1) is 0 Å². The monoisotopic (exact) mass is 391 g/mol. The van der Waals surface area contributed by atoms with Crippen molar-refractivity contribution in [3.63, 3.8) is 0 Å². The van der Waals surface area contributed by atoms with Gasteiger partial charge in [-0.25, -0.2) is 15.0 Å². The SMILES string of the molecule is CC(C)c1nc(-c2ccccc2)nc(-c2cccc3c2C(C)(C)c2ccccc2-3)n1. The molecule has 0 saturated heterocycles. The van der Waals surface area contributed by atoms with E-state index in [0.717, 1.165) is 28.6 Å². The molecule has 0 fully saturated rings. The van der Waals surface area contributed by atoms with E-state index >= 15 is 0 Å². The molecule has 0 bridgehead atoms. The van der Waals surface area contributed by atoms with E-state index in [4.69, 9.17) is 15.0 Å². The number of hydrogen-bond donors (Lipinski definition) is 0. The molecule has 1 aliphatic rings. The van der Waals surface area contributed by atoms with Gasteiger partial charge in [0.2, 0.25) is 0 Å². The highest BCUT2D eigenvalue weighted by Gasteiger charge is 2.37. The minimum atomic E-state index is -0.111. The van der Waals surface area contributed by atoms with Crippen molar-refractivity contribution in [2.75, 3.05) is 0 Å². The van der Waals surface area contributed by atoms with Gasteiger partial charge in [0, 0.05) is 22.5 Å². The van der Waals surface area contributed by atoms with Crippen LogP contribution < -0.4 is 0 Å². The molecule has 30 heavy (non-hydrogen) atoms. The minimum absolute atomic E-state index is 0.111. The maximum Gasteiger partial charge on any atom is 0.164 e. The fourth-order valence-electron chi connectivity index (χ4n) is 4.52. The number of rotatable bonds is 3. The lowest BCUT2D eigenvalue weighted by Gasteiger charge is -2.24. The van der Waals surface area contributed by atoms with Gasteiger partial charge in [0.1, 0.15) is 5.82 Å². The maximum atomic E-state index is 4.94. The topological polar surface area (TPSA) is 38.7 Å². The molecule has 0 atom stereocenters. The fraction of sp³-hybridized carbons (Fsp3) is 0.222. The van der Waals surface area contributed by atoms with Crippen molar-refractivity contribution in [1.82, 2.24) is 15.0 Å². The highest BCUT2D eigenvalue weighted by Crippen LogP contribution is 2.51. The van der Waals surface area contributed by atoms with Gasteiger partial charge in [-0.2, -0.15) is 0 Å². The zero-order valence-corrected chi connectivity index (χ0v) is 17.8. The Morgan fingerprint density at radius 2 is 1.27 bits per heavy atom. The van der Waals surface area contributed by atoms with Crippen molar-refractivity contribution in [3.05, 3.63) is 89.7 Å². The van der Waals surface area contributed by atoms with Crippen molar-refractivity contribution in [3.8, 4) is 33.9 Å². The van der Waals surface area contributed by atoms with E-state index in [9.17, 15) is 0 Å². The molecule has 3 aromatic carbocycles. The first-order valence-corrected chi connectivity index (χ1v) is 10.5. The van der Waals surface area contributed by atoms with Crippen LogP contribution in [0.1, 0.15) is 50.6 Å². The summed E-state index contributed by atoms with van der Waals surface area (Å²) < 4.78 is 0. The van der Waals surface area contributed by atoms with E-state index < -0.39 is 0 Å². The van der Waals surface area contributed by atoms with Gasteiger partial charge < -0.3 is 0 Å². The summed E-state index contributed by atoms with van der Waals surface area (Å²) in [5.74, 6) is 2.53.